The summed E-state index contributed by atoms with van der Waals surface area (Å²) < 4.78 is 0. The molecule has 4 aromatic carbocycles. The van der Waals surface area contributed by atoms with Gasteiger partial charge < -0.3 is 0 Å². The Morgan fingerprint density at radius 2 is 1.61 bits per heavy atom. The van der Waals surface area contributed by atoms with Crippen molar-refractivity contribution in [1.29, 1.82) is 0 Å². The van der Waals surface area contributed by atoms with Gasteiger partial charge in [-0.1, -0.05) is 80.9 Å². The summed E-state index contributed by atoms with van der Waals surface area (Å²) in [6.45, 7) is 8.73. The standard InChI is InChI=1S/C32H34N4O2/c1-5-30-35(27-19-16-24-10-6-7-11-25(24)20-27)31(37)28-12-8-9-13-29(28)36(30)32(38)34(21-22(2)3)33-26-17-14-23(4)15-18-26/h6-20,22,30,33H,5,21H2,1-4H3. The van der Waals surface area contributed by atoms with Gasteiger partial charge in [0.15, 0.2) is 0 Å². The van der Waals surface area contributed by atoms with Crippen LogP contribution in [0.2, 0.25) is 0 Å². The van der Waals surface area contributed by atoms with Crippen LogP contribution in [-0.4, -0.2) is 29.7 Å². The van der Waals surface area contributed by atoms with E-state index in [-0.39, 0.29) is 17.9 Å². The minimum Gasteiger partial charge on any atom is -0.295 e. The van der Waals surface area contributed by atoms with E-state index in [0.717, 1.165) is 27.7 Å². The topological polar surface area (TPSA) is 55.9 Å². The minimum atomic E-state index is -0.486. The number of para-hydroxylation sites is 1. The summed E-state index contributed by atoms with van der Waals surface area (Å²) in [5.41, 5.74) is 7.24. The maximum Gasteiger partial charge on any atom is 0.344 e. The molecule has 5 rings (SSSR count). The highest BCUT2D eigenvalue weighted by atomic mass is 16.2. The van der Waals surface area contributed by atoms with Crippen molar-refractivity contribution >= 4 is 39.8 Å². The molecule has 0 saturated carbocycles. The zero-order valence-electron chi connectivity index (χ0n) is 22.4. The predicted octanol–water partition coefficient (Wildman–Crippen LogP) is 7.46. The third-order valence-electron chi connectivity index (χ3n) is 6.89. The lowest BCUT2D eigenvalue weighted by Gasteiger charge is -2.45. The van der Waals surface area contributed by atoms with Crippen molar-refractivity contribution in [1.82, 2.24) is 5.01 Å². The molecule has 0 radical (unpaired) electrons. The normalized spacial score (nSPS) is 15.1. The first-order valence-corrected chi connectivity index (χ1v) is 13.2. The fourth-order valence-corrected chi connectivity index (χ4v) is 5.07. The molecule has 38 heavy (non-hydrogen) atoms. The Morgan fingerprint density at radius 3 is 2.32 bits per heavy atom. The molecule has 1 unspecified atom stereocenters. The summed E-state index contributed by atoms with van der Waals surface area (Å²) >= 11 is 0. The summed E-state index contributed by atoms with van der Waals surface area (Å²) in [4.78, 5) is 31.8. The lowest BCUT2D eigenvalue weighted by molar-refractivity contribution is 0.0968. The first kappa shape index (κ1) is 25.3. The smallest absolute Gasteiger partial charge is 0.295 e. The first-order valence-electron chi connectivity index (χ1n) is 13.2. The van der Waals surface area contributed by atoms with Crippen LogP contribution in [0.1, 0.15) is 43.1 Å². The Morgan fingerprint density at radius 1 is 0.921 bits per heavy atom. The molecule has 0 aliphatic carbocycles. The highest BCUT2D eigenvalue weighted by Crippen LogP contribution is 2.37. The number of amides is 3. The van der Waals surface area contributed by atoms with Gasteiger partial charge in [0.25, 0.3) is 5.91 Å². The second kappa shape index (κ2) is 10.6. The summed E-state index contributed by atoms with van der Waals surface area (Å²) in [6.07, 6.45) is 0.0825. The molecular weight excluding hydrogens is 472 g/mol. The Balaban J connectivity index is 1.59. The number of aryl methyl sites for hydroxylation is 1. The van der Waals surface area contributed by atoms with Crippen molar-refractivity contribution in [2.24, 2.45) is 5.92 Å². The number of carbonyl (C=O) groups excluding carboxylic acids is 2. The second-order valence-corrected chi connectivity index (χ2v) is 10.2. The quantitative estimate of drug-likeness (QED) is 0.276. The van der Waals surface area contributed by atoms with Gasteiger partial charge in [-0.05, 0) is 66.4 Å². The zero-order chi connectivity index (χ0) is 26.8. The van der Waals surface area contributed by atoms with Crippen LogP contribution in [0.5, 0.6) is 0 Å². The molecular formula is C32H34N4O2. The summed E-state index contributed by atoms with van der Waals surface area (Å²) in [7, 11) is 0. The van der Waals surface area contributed by atoms with Crippen molar-refractivity contribution in [3.05, 3.63) is 102 Å². The number of hydrogen-bond donors (Lipinski definition) is 1. The minimum absolute atomic E-state index is 0.103. The maximum atomic E-state index is 14.4. The van der Waals surface area contributed by atoms with E-state index in [2.05, 4.69) is 25.3 Å². The van der Waals surface area contributed by atoms with Gasteiger partial charge in [-0.15, -0.1) is 0 Å². The molecule has 1 aliphatic heterocycles. The fraction of sp³-hybridized carbons (Fsp3) is 0.250. The van der Waals surface area contributed by atoms with Crippen molar-refractivity contribution < 1.29 is 9.59 Å². The molecule has 0 aromatic heterocycles. The molecule has 3 amide bonds. The number of fused-ring (bicyclic) bond motifs is 2. The molecule has 1 aliphatic rings. The van der Waals surface area contributed by atoms with Gasteiger partial charge in [0.05, 0.1) is 16.9 Å². The van der Waals surface area contributed by atoms with Crippen molar-refractivity contribution in [2.45, 2.75) is 40.3 Å². The van der Waals surface area contributed by atoms with Gasteiger partial charge in [0.1, 0.15) is 6.17 Å². The van der Waals surface area contributed by atoms with Crippen LogP contribution >= 0.6 is 0 Å². The maximum absolute atomic E-state index is 14.4. The second-order valence-electron chi connectivity index (χ2n) is 10.2. The molecule has 0 saturated heterocycles. The number of hydrogen-bond acceptors (Lipinski definition) is 3. The Kier molecular flexibility index (Phi) is 7.05. The Hall–Kier alpha value is -4.32. The van der Waals surface area contributed by atoms with Crippen LogP contribution < -0.4 is 15.2 Å². The Bertz CT molecular complexity index is 1460. The van der Waals surface area contributed by atoms with E-state index in [0.29, 0.717) is 24.2 Å². The fourth-order valence-electron chi connectivity index (χ4n) is 5.07. The zero-order valence-corrected chi connectivity index (χ0v) is 22.4. The highest BCUT2D eigenvalue weighted by molar-refractivity contribution is 6.16. The van der Waals surface area contributed by atoms with Gasteiger partial charge in [0.2, 0.25) is 0 Å². The Labute approximate surface area is 224 Å². The summed E-state index contributed by atoms with van der Waals surface area (Å²) in [5, 5.41) is 3.82. The van der Waals surface area contributed by atoms with E-state index in [9.17, 15) is 9.59 Å². The van der Waals surface area contributed by atoms with Gasteiger partial charge in [-0.25, -0.2) is 9.80 Å². The molecule has 6 nitrogen and oxygen atoms in total. The first-order chi connectivity index (χ1) is 18.4. The monoisotopic (exact) mass is 506 g/mol. The van der Waals surface area contributed by atoms with Gasteiger partial charge in [-0.3, -0.25) is 20.0 Å². The number of hydrazine groups is 1. The molecule has 6 heteroatoms. The molecule has 1 heterocycles. The molecule has 0 fully saturated rings. The predicted molar refractivity (Wildman–Crippen MR) is 155 cm³/mol. The van der Waals surface area contributed by atoms with E-state index >= 15 is 0 Å². The molecule has 194 valence electrons. The largest absolute Gasteiger partial charge is 0.344 e. The highest BCUT2D eigenvalue weighted by Gasteiger charge is 2.42. The van der Waals surface area contributed by atoms with E-state index < -0.39 is 6.17 Å². The van der Waals surface area contributed by atoms with Crippen molar-refractivity contribution in [2.75, 3.05) is 21.8 Å². The average Bonchev–Trinajstić information content (AvgIpc) is 2.93. The molecule has 1 N–H and O–H groups in total. The van der Waals surface area contributed by atoms with E-state index in [1.165, 1.54) is 0 Å². The number of urea groups is 1. The van der Waals surface area contributed by atoms with Crippen LogP contribution in [-0.2, 0) is 0 Å². The SMILES string of the molecule is CCC1N(c2ccc3ccccc3c2)C(=O)c2ccccc2N1C(=O)N(CC(C)C)Nc1ccc(C)cc1. The van der Waals surface area contributed by atoms with E-state index in [1.54, 1.807) is 20.9 Å². The van der Waals surface area contributed by atoms with Gasteiger partial charge in [0, 0.05) is 12.2 Å². The van der Waals surface area contributed by atoms with Crippen LogP contribution in [0, 0.1) is 12.8 Å². The van der Waals surface area contributed by atoms with Crippen LogP contribution in [0.15, 0.2) is 91.0 Å². The van der Waals surface area contributed by atoms with E-state index in [1.807, 2.05) is 92.7 Å². The average molecular weight is 507 g/mol. The van der Waals surface area contributed by atoms with E-state index in [4.69, 9.17) is 0 Å². The lowest BCUT2D eigenvalue weighted by atomic mass is 10.0. The number of carbonyl (C=O) groups is 2. The molecule has 0 bridgehead atoms. The molecule has 4 aromatic rings. The third kappa shape index (κ3) is 4.82. The third-order valence-corrected chi connectivity index (χ3v) is 6.89. The lowest BCUT2D eigenvalue weighted by Crippen LogP contribution is -2.61. The van der Waals surface area contributed by atoms with Crippen molar-refractivity contribution in [3.8, 4) is 0 Å². The number of benzene rings is 4. The van der Waals surface area contributed by atoms with Crippen LogP contribution in [0.4, 0.5) is 21.9 Å². The molecule has 0 spiro atoms. The molecule has 1 atom stereocenters. The van der Waals surface area contributed by atoms with Gasteiger partial charge >= 0.3 is 6.03 Å². The number of rotatable bonds is 6. The van der Waals surface area contributed by atoms with Crippen molar-refractivity contribution in [3.63, 3.8) is 0 Å². The summed E-state index contributed by atoms with van der Waals surface area (Å²) in [5.74, 6) is 0.129. The number of nitrogens with zero attached hydrogens (tertiary/aromatic N) is 3. The van der Waals surface area contributed by atoms with Crippen LogP contribution in [0.25, 0.3) is 10.8 Å². The number of nitrogens with one attached hydrogen (secondary N) is 1. The summed E-state index contributed by atoms with van der Waals surface area (Å²) in [6, 6.07) is 29.3. The van der Waals surface area contributed by atoms with Gasteiger partial charge in [-0.2, -0.15) is 0 Å². The van der Waals surface area contributed by atoms with Crippen LogP contribution in [0.3, 0.4) is 0 Å². The number of anilines is 3.